The number of aromatic nitrogens is 3. The molecule has 12 aromatic rings. The van der Waals surface area contributed by atoms with Gasteiger partial charge in [0.2, 0.25) is 0 Å². The summed E-state index contributed by atoms with van der Waals surface area (Å²) in [6, 6.07) is 72.4. The van der Waals surface area contributed by atoms with Crippen LogP contribution in [-0.4, -0.2) is 14.4 Å². The summed E-state index contributed by atoms with van der Waals surface area (Å²) < 4.78 is 2.20. The molecule has 0 saturated heterocycles. The van der Waals surface area contributed by atoms with Crippen molar-refractivity contribution in [2.45, 2.75) is 0 Å². The number of hydrogen-bond acceptors (Lipinski definition) is 2. The molecule has 0 unspecified atom stereocenters. The van der Waals surface area contributed by atoms with Gasteiger partial charge in [-0.1, -0.05) is 158 Å². The Morgan fingerprint density at radius 2 is 0.737 bits per heavy atom. The maximum absolute atomic E-state index is 5.16. The molecule has 0 N–H and O–H groups in total. The SMILES string of the molecule is c1ccc2cc(-c3c4ccccc4c(-c4ccc5cc(-c6ccc(-c7nc8ccccc8c8nc9ccccc9n78)cc6)ccc5c4)c4ccccc34)ccc2c1. The van der Waals surface area contributed by atoms with Crippen molar-refractivity contribution in [3.63, 3.8) is 0 Å². The average molecular weight is 724 g/mol. The molecule has 10 aromatic carbocycles. The minimum atomic E-state index is 0.889. The van der Waals surface area contributed by atoms with Crippen LogP contribution in [-0.2, 0) is 0 Å². The van der Waals surface area contributed by atoms with Crippen molar-refractivity contribution in [2.75, 3.05) is 0 Å². The predicted molar refractivity (Wildman–Crippen MR) is 240 cm³/mol. The lowest BCUT2D eigenvalue weighted by Crippen LogP contribution is -1.98. The lowest BCUT2D eigenvalue weighted by atomic mass is 9.85. The van der Waals surface area contributed by atoms with Crippen molar-refractivity contribution in [1.82, 2.24) is 14.4 Å². The fourth-order valence-electron chi connectivity index (χ4n) is 9.03. The summed E-state index contributed by atoms with van der Waals surface area (Å²) in [6.45, 7) is 0. The first-order valence-corrected chi connectivity index (χ1v) is 19.5. The van der Waals surface area contributed by atoms with E-state index in [0.29, 0.717) is 0 Å². The second kappa shape index (κ2) is 12.5. The van der Waals surface area contributed by atoms with Gasteiger partial charge < -0.3 is 0 Å². The zero-order valence-corrected chi connectivity index (χ0v) is 30.9. The Balaban J connectivity index is 0.948. The summed E-state index contributed by atoms with van der Waals surface area (Å²) in [6.07, 6.45) is 0. The van der Waals surface area contributed by atoms with Crippen LogP contribution in [0.25, 0.3) is 115 Å². The largest absolute Gasteiger partial charge is 0.276 e. The van der Waals surface area contributed by atoms with Crippen molar-refractivity contribution in [3.8, 4) is 44.8 Å². The predicted octanol–water partition coefficient (Wildman–Crippen LogP) is 14.3. The van der Waals surface area contributed by atoms with Crippen LogP contribution in [0.1, 0.15) is 0 Å². The number of fused-ring (bicyclic) bond motifs is 9. The third kappa shape index (κ3) is 4.99. The van der Waals surface area contributed by atoms with E-state index < -0.39 is 0 Å². The molecule has 0 bridgehead atoms. The van der Waals surface area contributed by atoms with E-state index in [0.717, 1.165) is 39.0 Å². The van der Waals surface area contributed by atoms with Crippen molar-refractivity contribution >= 4 is 70.7 Å². The summed E-state index contributed by atoms with van der Waals surface area (Å²) in [5, 5.41) is 11.0. The Kier molecular flexibility index (Phi) is 6.93. The highest BCUT2D eigenvalue weighted by Gasteiger charge is 2.18. The maximum Gasteiger partial charge on any atom is 0.149 e. The first-order chi connectivity index (χ1) is 28.2. The van der Waals surface area contributed by atoms with Crippen LogP contribution in [0, 0.1) is 0 Å². The molecule has 0 aliphatic heterocycles. The van der Waals surface area contributed by atoms with E-state index in [-0.39, 0.29) is 0 Å². The molecule has 3 nitrogen and oxygen atoms in total. The zero-order valence-electron chi connectivity index (χ0n) is 30.9. The van der Waals surface area contributed by atoms with Gasteiger partial charge in [-0.2, -0.15) is 0 Å². The third-order valence-electron chi connectivity index (χ3n) is 11.7. The molecule has 2 heterocycles. The zero-order chi connectivity index (χ0) is 37.5. The molecule has 2 aromatic heterocycles. The lowest BCUT2D eigenvalue weighted by Gasteiger charge is -2.18. The Morgan fingerprint density at radius 3 is 1.39 bits per heavy atom. The van der Waals surface area contributed by atoms with Crippen LogP contribution < -0.4 is 0 Å². The summed E-state index contributed by atoms with van der Waals surface area (Å²) in [5.41, 5.74) is 12.3. The van der Waals surface area contributed by atoms with Crippen molar-refractivity contribution < 1.29 is 0 Å². The minimum Gasteiger partial charge on any atom is -0.276 e. The van der Waals surface area contributed by atoms with Crippen molar-refractivity contribution in [1.29, 1.82) is 0 Å². The monoisotopic (exact) mass is 723 g/mol. The summed E-state index contributed by atoms with van der Waals surface area (Å²) >= 11 is 0. The third-order valence-corrected chi connectivity index (χ3v) is 11.7. The summed E-state index contributed by atoms with van der Waals surface area (Å²) in [5.74, 6) is 0.889. The Hall–Kier alpha value is -7.62. The van der Waals surface area contributed by atoms with E-state index >= 15 is 0 Å². The van der Waals surface area contributed by atoms with E-state index in [1.807, 2.05) is 12.1 Å². The average Bonchev–Trinajstić information content (AvgIpc) is 3.68. The standard InChI is InChI=1S/C54H33N3/c1-2-12-37-32-41(29-23-34(37)11-1)51-43-13-3-5-15-45(43)52(46-16-6-4-14-44(46)51)42-30-28-39-31-38(26-27-40(39)33-42)35-21-24-36(25-22-35)53-55-48-18-8-7-17-47(48)54-56-49-19-9-10-20-50(49)57(53)54/h1-33H. The van der Waals surface area contributed by atoms with Crippen LogP contribution in [0.15, 0.2) is 200 Å². The molecule has 3 heteroatoms. The summed E-state index contributed by atoms with van der Waals surface area (Å²) in [7, 11) is 0. The van der Waals surface area contributed by atoms with Gasteiger partial charge in [0.15, 0.2) is 0 Å². The van der Waals surface area contributed by atoms with Gasteiger partial charge in [0.05, 0.1) is 16.6 Å². The van der Waals surface area contributed by atoms with Gasteiger partial charge in [-0.05, 0) is 119 Å². The number of rotatable bonds is 4. The molecule has 0 aliphatic rings. The maximum atomic E-state index is 5.16. The smallest absolute Gasteiger partial charge is 0.149 e. The molecule has 0 fully saturated rings. The van der Waals surface area contributed by atoms with Crippen LogP contribution in [0.2, 0.25) is 0 Å². The van der Waals surface area contributed by atoms with Gasteiger partial charge >= 0.3 is 0 Å². The Morgan fingerprint density at radius 1 is 0.298 bits per heavy atom. The molecule has 0 atom stereocenters. The quantitative estimate of drug-likeness (QED) is 0.169. The Bertz CT molecular complexity index is 3520. The fraction of sp³-hybridized carbons (Fsp3) is 0. The minimum absolute atomic E-state index is 0.889. The van der Waals surface area contributed by atoms with Crippen LogP contribution in [0.5, 0.6) is 0 Å². The highest BCUT2D eigenvalue weighted by atomic mass is 15.1. The van der Waals surface area contributed by atoms with Crippen molar-refractivity contribution in [2.24, 2.45) is 0 Å². The number of hydrogen-bond donors (Lipinski definition) is 0. The van der Waals surface area contributed by atoms with E-state index in [1.165, 1.54) is 76.5 Å². The van der Waals surface area contributed by atoms with E-state index in [1.54, 1.807) is 0 Å². The van der Waals surface area contributed by atoms with Gasteiger partial charge in [-0.15, -0.1) is 0 Å². The highest BCUT2D eigenvalue weighted by molar-refractivity contribution is 6.22. The number of imidazole rings is 1. The number of nitrogens with zero attached hydrogens (tertiary/aromatic N) is 3. The van der Waals surface area contributed by atoms with Gasteiger partial charge in [0.1, 0.15) is 11.5 Å². The topological polar surface area (TPSA) is 30.2 Å². The molecule has 0 aliphatic carbocycles. The highest BCUT2D eigenvalue weighted by Crippen LogP contribution is 2.45. The molecule has 12 rings (SSSR count). The molecule has 0 saturated carbocycles. The second-order valence-electron chi connectivity index (χ2n) is 15.0. The van der Waals surface area contributed by atoms with Gasteiger partial charge in [0.25, 0.3) is 0 Å². The molecule has 264 valence electrons. The molecule has 0 spiro atoms. The normalized spacial score (nSPS) is 11.9. The molecular formula is C54H33N3. The first-order valence-electron chi connectivity index (χ1n) is 19.5. The van der Waals surface area contributed by atoms with Crippen LogP contribution in [0.3, 0.4) is 0 Å². The number of benzene rings is 10. The van der Waals surface area contributed by atoms with Crippen molar-refractivity contribution in [3.05, 3.63) is 200 Å². The summed E-state index contributed by atoms with van der Waals surface area (Å²) in [4.78, 5) is 10.2. The molecule has 0 radical (unpaired) electrons. The molecule has 0 amide bonds. The first kappa shape index (κ1) is 31.7. The van der Waals surface area contributed by atoms with Crippen LogP contribution in [0.4, 0.5) is 0 Å². The second-order valence-corrected chi connectivity index (χ2v) is 15.0. The van der Waals surface area contributed by atoms with Gasteiger partial charge in [-0.25, -0.2) is 9.97 Å². The van der Waals surface area contributed by atoms with E-state index in [4.69, 9.17) is 9.97 Å². The van der Waals surface area contributed by atoms with Crippen LogP contribution >= 0.6 is 0 Å². The Labute approximate surface area is 328 Å². The van der Waals surface area contributed by atoms with Gasteiger partial charge in [-0.3, -0.25) is 4.40 Å². The van der Waals surface area contributed by atoms with E-state index in [9.17, 15) is 0 Å². The number of para-hydroxylation sites is 3. The van der Waals surface area contributed by atoms with E-state index in [2.05, 4.69) is 192 Å². The van der Waals surface area contributed by atoms with Gasteiger partial charge in [0, 0.05) is 10.9 Å². The lowest BCUT2D eigenvalue weighted by molar-refractivity contribution is 1.16. The molecular weight excluding hydrogens is 691 g/mol. The fourth-order valence-corrected chi connectivity index (χ4v) is 9.03. The molecule has 57 heavy (non-hydrogen) atoms.